The molecule has 1 saturated heterocycles. The highest BCUT2D eigenvalue weighted by Crippen LogP contribution is 2.30. The molecule has 2 aliphatic heterocycles. The van der Waals surface area contributed by atoms with Crippen molar-refractivity contribution in [2.75, 3.05) is 37.6 Å². The van der Waals surface area contributed by atoms with Crippen molar-refractivity contribution in [1.82, 2.24) is 9.80 Å². The number of anilines is 1. The van der Waals surface area contributed by atoms with E-state index in [1.54, 1.807) is 11.3 Å². The minimum Gasteiger partial charge on any atom is -0.335 e. The van der Waals surface area contributed by atoms with Gasteiger partial charge in [0.2, 0.25) is 5.91 Å². The van der Waals surface area contributed by atoms with Gasteiger partial charge in [-0.05, 0) is 50.5 Å². The first-order valence-corrected chi connectivity index (χ1v) is 10.8. The molecule has 1 aromatic heterocycles. The normalized spacial score (nSPS) is 20.1. The fraction of sp³-hybridized carbons (Fsp3) is 0.455. The molecule has 6 heteroatoms. The van der Waals surface area contributed by atoms with Gasteiger partial charge < -0.3 is 9.80 Å². The quantitative estimate of drug-likeness (QED) is 0.799. The molecule has 0 N–H and O–H groups in total. The summed E-state index contributed by atoms with van der Waals surface area (Å²) >= 11 is 1.55. The second-order valence-electron chi connectivity index (χ2n) is 7.76. The Morgan fingerprint density at radius 2 is 1.82 bits per heavy atom. The van der Waals surface area contributed by atoms with E-state index in [1.807, 2.05) is 41.0 Å². The molecule has 1 unspecified atom stereocenters. The van der Waals surface area contributed by atoms with E-state index in [0.29, 0.717) is 19.6 Å². The zero-order valence-corrected chi connectivity index (χ0v) is 17.4. The first-order valence-electron chi connectivity index (χ1n) is 10.0. The summed E-state index contributed by atoms with van der Waals surface area (Å²) in [6.45, 7) is 7.40. The van der Waals surface area contributed by atoms with Crippen LogP contribution in [0.5, 0.6) is 0 Å². The smallest absolute Gasteiger partial charge is 0.264 e. The molecule has 0 saturated carbocycles. The molecule has 0 spiro atoms. The number of benzene rings is 1. The number of amides is 2. The molecular formula is C22H27N3O2S. The second kappa shape index (κ2) is 8.05. The van der Waals surface area contributed by atoms with Crippen molar-refractivity contribution in [2.45, 2.75) is 32.7 Å². The van der Waals surface area contributed by atoms with Gasteiger partial charge in [-0.3, -0.25) is 14.5 Å². The van der Waals surface area contributed by atoms with Gasteiger partial charge in [0.1, 0.15) is 0 Å². The highest BCUT2D eigenvalue weighted by atomic mass is 32.1. The zero-order valence-electron chi connectivity index (χ0n) is 16.6. The minimum absolute atomic E-state index is 0.114. The van der Waals surface area contributed by atoms with Crippen molar-refractivity contribution in [3.63, 3.8) is 0 Å². The van der Waals surface area contributed by atoms with E-state index in [-0.39, 0.29) is 17.9 Å². The summed E-state index contributed by atoms with van der Waals surface area (Å²) in [5.41, 5.74) is 2.32. The molecule has 0 aliphatic carbocycles. The van der Waals surface area contributed by atoms with E-state index >= 15 is 0 Å². The summed E-state index contributed by atoms with van der Waals surface area (Å²) < 4.78 is 0. The fourth-order valence-corrected chi connectivity index (χ4v) is 4.99. The first kappa shape index (κ1) is 19.2. The molecule has 2 aromatic rings. The predicted molar refractivity (Wildman–Crippen MR) is 113 cm³/mol. The number of thiophene rings is 1. The lowest BCUT2D eigenvalue weighted by atomic mass is 9.96. The molecule has 28 heavy (non-hydrogen) atoms. The summed E-state index contributed by atoms with van der Waals surface area (Å²) in [5, 5.41) is 0. The number of carbonyl (C=O) groups excluding carboxylic acids is 2. The topological polar surface area (TPSA) is 43.9 Å². The van der Waals surface area contributed by atoms with E-state index in [2.05, 4.69) is 24.0 Å². The molecule has 2 aliphatic rings. The van der Waals surface area contributed by atoms with E-state index in [1.165, 1.54) is 5.56 Å². The molecule has 3 heterocycles. The Morgan fingerprint density at radius 3 is 2.54 bits per heavy atom. The molecule has 0 bridgehead atoms. The van der Waals surface area contributed by atoms with Crippen LogP contribution in [0.15, 0.2) is 36.4 Å². The minimum atomic E-state index is 0.114. The molecule has 2 amide bonds. The van der Waals surface area contributed by atoms with Crippen molar-refractivity contribution >= 4 is 28.8 Å². The number of aryl methyl sites for hydroxylation is 2. The summed E-state index contributed by atoms with van der Waals surface area (Å²) in [7, 11) is 0. The van der Waals surface area contributed by atoms with Gasteiger partial charge in [0.25, 0.3) is 5.91 Å². The van der Waals surface area contributed by atoms with Crippen molar-refractivity contribution < 1.29 is 9.59 Å². The van der Waals surface area contributed by atoms with Crippen LogP contribution >= 0.6 is 11.3 Å². The maximum absolute atomic E-state index is 13.1. The van der Waals surface area contributed by atoms with E-state index in [9.17, 15) is 9.59 Å². The molecule has 0 radical (unpaired) electrons. The number of hydrogen-bond donors (Lipinski definition) is 0. The van der Waals surface area contributed by atoms with Crippen molar-refractivity contribution in [1.29, 1.82) is 0 Å². The second-order valence-corrected chi connectivity index (χ2v) is 9.05. The first-order chi connectivity index (χ1) is 13.5. The Kier molecular flexibility index (Phi) is 5.51. The molecule has 1 atom stereocenters. The van der Waals surface area contributed by atoms with Crippen LogP contribution in [0.1, 0.15) is 33.5 Å². The fourth-order valence-electron chi connectivity index (χ4n) is 4.15. The number of piperazine rings is 1. The van der Waals surface area contributed by atoms with Crippen molar-refractivity contribution in [2.24, 2.45) is 0 Å². The van der Waals surface area contributed by atoms with Crippen LogP contribution in [-0.2, 0) is 11.2 Å². The average Bonchev–Trinajstić information content (AvgIpc) is 3.14. The summed E-state index contributed by atoms with van der Waals surface area (Å²) in [6.07, 6.45) is 2.04. The molecule has 4 rings (SSSR count). The monoisotopic (exact) mass is 397 g/mol. The third kappa shape index (κ3) is 3.84. The highest BCUT2D eigenvalue weighted by molar-refractivity contribution is 7.13. The standard InChI is InChI=1S/C22H27N3O2S/c1-16-7-9-18-5-3-4-6-19(18)25(16)21(26)15-23-11-13-24(14-12-23)22(27)20-10-8-17(2)28-20/h3-6,8,10,16H,7,9,11-15H2,1-2H3. The van der Waals surface area contributed by atoms with Gasteiger partial charge in [-0.25, -0.2) is 0 Å². The van der Waals surface area contributed by atoms with E-state index < -0.39 is 0 Å². The summed E-state index contributed by atoms with van der Waals surface area (Å²) in [5.74, 6) is 0.274. The molecule has 148 valence electrons. The number of nitrogens with zero attached hydrogens (tertiary/aromatic N) is 3. The molecule has 1 fully saturated rings. The van der Waals surface area contributed by atoms with Crippen LogP contribution in [0, 0.1) is 6.92 Å². The van der Waals surface area contributed by atoms with Crippen molar-refractivity contribution in [3.8, 4) is 0 Å². The van der Waals surface area contributed by atoms with Gasteiger partial charge in [-0.1, -0.05) is 18.2 Å². The Labute approximate surface area is 170 Å². The third-order valence-electron chi connectivity index (χ3n) is 5.76. The molecule has 5 nitrogen and oxygen atoms in total. The van der Waals surface area contributed by atoms with Gasteiger partial charge >= 0.3 is 0 Å². The van der Waals surface area contributed by atoms with Gasteiger partial charge in [0.15, 0.2) is 0 Å². The lowest BCUT2D eigenvalue weighted by Gasteiger charge is -2.38. The highest BCUT2D eigenvalue weighted by Gasteiger charge is 2.30. The Morgan fingerprint density at radius 1 is 1.07 bits per heavy atom. The van der Waals surface area contributed by atoms with E-state index in [4.69, 9.17) is 0 Å². The molecule has 1 aromatic carbocycles. The van der Waals surface area contributed by atoms with Crippen LogP contribution in [0.3, 0.4) is 0 Å². The number of carbonyl (C=O) groups is 2. The lowest BCUT2D eigenvalue weighted by molar-refractivity contribution is -0.120. The predicted octanol–water partition coefficient (Wildman–Crippen LogP) is 3.18. The number of rotatable bonds is 3. The largest absolute Gasteiger partial charge is 0.335 e. The third-order valence-corrected chi connectivity index (χ3v) is 6.75. The Bertz CT molecular complexity index is 870. The van der Waals surface area contributed by atoms with Gasteiger partial charge in [0, 0.05) is 42.8 Å². The Balaban J connectivity index is 1.36. The SMILES string of the molecule is Cc1ccc(C(=O)N2CCN(CC(=O)N3c4ccccc4CCC3C)CC2)s1. The average molecular weight is 398 g/mol. The maximum Gasteiger partial charge on any atom is 0.264 e. The number of para-hydroxylation sites is 1. The van der Waals surface area contributed by atoms with Crippen LogP contribution in [0.4, 0.5) is 5.69 Å². The van der Waals surface area contributed by atoms with Crippen LogP contribution in [0.2, 0.25) is 0 Å². The van der Waals surface area contributed by atoms with E-state index in [0.717, 1.165) is 41.4 Å². The lowest BCUT2D eigenvalue weighted by Crippen LogP contribution is -2.53. The Hall–Kier alpha value is -2.18. The van der Waals surface area contributed by atoms with Crippen LogP contribution in [-0.4, -0.2) is 60.4 Å². The molecular weight excluding hydrogens is 370 g/mol. The van der Waals surface area contributed by atoms with Crippen LogP contribution in [0.25, 0.3) is 0 Å². The van der Waals surface area contributed by atoms with Gasteiger partial charge in [-0.15, -0.1) is 11.3 Å². The summed E-state index contributed by atoms with van der Waals surface area (Å²) in [4.78, 5) is 33.7. The zero-order chi connectivity index (χ0) is 19.7. The van der Waals surface area contributed by atoms with Crippen LogP contribution < -0.4 is 4.90 Å². The van der Waals surface area contributed by atoms with Gasteiger partial charge in [0.05, 0.1) is 11.4 Å². The summed E-state index contributed by atoms with van der Waals surface area (Å²) in [6, 6.07) is 12.4. The number of fused-ring (bicyclic) bond motifs is 1. The van der Waals surface area contributed by atoms with Crippen molar-refractivity contribution in [3.05, 3.63) is 51.7 Å². The van der Waals surface area contributed by atoms with Gasteiger partial charge in [-0.2, -0.15) is 0 Å². The maximum atomic E-state index is 13.1. The number of hydrogen-bond acceptors (Lipinski definition) is 4.